The van der Waals surface area contributed by atoms with E-state index in [1.807, 2.05) is 48.5 Å². The van der Waals surface area contributed by atoms with Gasteiger partial charge in [0.15, 0.2) is 6.79 Å². The van der Waals surface area contributed by atoms with Crippen molar-refractivity contribution in [2.75, 3.05) is 13.3 Å². The normalized spacial score (nSPS) is 10.6. The maximum absolute atomic E-state index is 6.20. The molecule has 1 N–H and O–H groups in total. The first-order valence-corrected chi connectivity index (χ1v) is 7.41. The van der Waals surface area contributed by atoms with Gasteiger partial charge in [-0.1, -0.05) is 54.9 Å². The molecule has 3 nitrogen and oxygen atoms in total. The minimum absolute atomic E-state index is 0.182. The maximum Gasteiger partial charge on any atom is 0.189 e. The number of rotatable bonds is 8. The summed E-state index contributed by atoms with van der Waals surface area (Å²) < 4.78 is 11.0. The second kappa shape index (κ2) is 8.67. The van der Waals surface area contributed by atoms with Crippen LogP contribution in [0.2, 0.25) is 5.02 Å². The summed E-state index contributed by atoms with van der Waals surface area (Å²) in [5.41, 5.74) is 2.26. The Balaban J connectivity index is 1.78. The van der Waals surface area contributed by atoms with Crippen molar-refractivity contribution in [3.05, 3.63) is 64.7 Å². The van der Waals surface area contributed by atoms with Gasteiger partial charge in [0, 0.05) is 6.54 Å². The van der Waals surface area contributed by atoms with Crippen LogP contribution in [0.4, 0.5) is 0 Å². The molecule has 0 bridgehead atoms. The van der Waals surface area contributed by atoms with E-state index in [0.29, 0.717) is 17.4 Å². The number of hydrogen-bond donors (Lipinski definition) is 1. The zero-order valence-corrected chi connectivity index (χ0v) is 12.9. The molecule has 112 valence electrons. The summed E-state index contributed by atoms with van der Waals surface area (Å²) in [4.78, 5) is 0. The fraction of sp³-hybridized carbons (Fsp3) is 0.294. The van der Waals surface area contributed by atoms with E-state index in [4.69, 9.17) is 21.1 Å². The molecule has 0 radical (unpaired) electrons. The van der Waals surface area contributed by atoms with E-state index in [9.17, 15) is 0 Å². The van der Waals surface area contributed by atoms with Crippen molar-refractivity contribution in [3.63, 3.8) is 0 Å². The molecule has 0 spiro atoms. The SMILES string of the molecule is CCNCc1ccc(OCOCc2ccccc2)c(Cl)c1. The Morgan fingerprint density at radius 3 is 2.57 bits per heavy atom. The highest BCUT2D eigenvalue weighted by Crippen LogP contribution is 2.25. The molecule has 0 aromatic heterocycles. The molecule has 0 saturated carbocycles. The lowest BCUT2D eigenvalue weighted by molar-refractivity contribution is 0.00509. The van der Waals surface area contributed by atoms with Crippen LogP contribution >= 0.6 is 11.6 Å². The van der Waals surface area contributed by atoms with Crippen molar-refractivity contribution < 1.29 is 9.47 Å². The van der Waals surface area contributed by atoms with Gasteiger partial charge in [-0.05, 0) is 29.8 Å². The van der Waals surface area contributed by atoms with Crippen LogP contribution in [0.5, 0.6) is 5.75 Å². The first-order chi connectivity index (χ1) is 10.3. The van der Waals surface area contributed by atoms with Crippen LogP contribution in [0, 0.1) is 0 Å². The Hall–Kier alpha value is -1.55. The predicted molar refractivity (Wildman–Crippen MR) is 85.6 cm³/mol. The molecule has 0 aliphatic carbocycles. The van der Waals surface area contributed by atoms with E-state index in [0.717, 1.165) is 24.2 Å². The van der Waals surface area contributed by atoms with Gasteiger partial charge in [0.25, 0.3) is 0 Å². The maximum atomic E-state index is 6.20. The van der Waals surface area contributed by atoms with Crippen LogP contribution in [-0.2, 0) is 17.9 Å². The summed E-state index contributed by atoms with van der Waals surface area (Å²) in [5, 5.41) is 3.86. The van der Waals surface area contributed by atoms with E-state index >= 15 is 0 Å². The first-order valence-electron chi connectivity index (χ1n) is 7.03. The lowest BCUT2D eigenvalue weighted by Gasteiger charge is -2.10. The van der Waals surface area contributed by atoms with Gasteiger partial charge in [0.1, 0.15) is 5.75 Å². The van der Waals surface area contributed by atoms with Crippen LogP contribution < -0.4 is 10.1 Å². The summed E-state index contributed by atoms with van der Waals surface area (Å²) in [6.07, 6.45) is 0. The molecule has 0 aliphatic rings. The van der Waals surface area contributed by atoms with E-state index in [2.05, 4.69) is 12.2 Å². The third-order valence-electron chi connectivity index (χ3n) is 2.98. The molecular weight excluding hydrogens is 286 g/mol. The van der Waals surface area contributed by atoms with Crippen LogP contribution in [-0.4, -0.2) is 13.3 Å². The van der Waals surface area contributed by atoms with Crippen LogP contribution in [0.3, 0.4) is 0 Å². The van der Waals surface area contributed by atoms with E-state index in [1.165, 1.54) is 0 Å². The number of hydrogen-bond acceptors (Lipinski definition) is 3. The number of ether oxygens (including phenoxy) is 2. The fourth-order valence-corrected chi connectivity index (χ4v) is 2.14. The average Bonchev–Trinajstić information content (AvgIpc) is 2.52. The van der Waals surface area contributed by atoms with Gasteiger partial charge in [-0.15, -0.1) is 0 Å². The summed E-state index contributed by atoms with van der Waals surface area (Å²) in [6.45, 7) is 4.52. The van der Waals surface area contributed by atoms with Gasteiger partial charge >= 0.3 is 0 Å². The molecule has 0 amide bonds. The summed E-state index contributed by atoms with van der Waals surface area (Å²) in [6, 6.07) is 15.8. The molecule has 0 saturated heterocycles. The van der Waals surface area contributed by atoms with E-state index in [1.54, 1.807) is 0 Å². The smallest absolute Gasteiger partial charge is 0.189 e. The van der Waals surface area contributed by atoms with Crippen molar-refractivity contribution >= 4 is 11.6 Å². The second-order valence-corrected chi connectivity index (χ2v) is 5.05. The Kier molecular flexibility index (Phi) is 6.54. The minimum Gasteiger partial charge on any atom is -0.466 e. The molecule has 4 heteroatoms. The van der Waals surface area contributed by atoms with Gasteiger partial charge < -0.3 is 14.8 Å². The lowest BCUT2D eigenvalue weighted by Crippen LogP contribution is -2.11. The van der Waals surface area contributed by atoms with Gasteiger partial charge in [-0.3, -0.25) is 0 Å². The van der Waals surface area contributed by atoms with Crippen molar-refractivity contribution in [3.8, 4) is 5.75 Å². The van der Waals surface area contributed by atoms with Crippen LogP contribution in [0.15, 0.2) is 48.5 Å². The molecule has 0 fully saturated rings. The molecule has 21 heavy (non-hydrogen) atoms. The number of halogens is 1. The molecular formula is C17H20ClNO2. The molecule has 0 heterocycles. The third kappa shape index (κ3) is 5.38. The Morgan fingerprint density at radius 2 is 1.86 bits per heavy atom. The zero-order valence-electron chi connectivity index (χ0n) is 12.1. The highest BCUT2D eigenvalue weighted by molar-refractivity contribution is 6.32. The highest BCUT2D eigenvalue weighted by Gasteiger charge is 2.03. The molecule has 2 aromatic carbocycles. The van der Waals surface area contributed by atoms with Crippen molar-refractivity contribution in [2.24, 2.45) is 0 Å². The van der Waals surface area contributed by atoms with Crippen LogP contribution in [0.1, 0.15) is 18.1 Å². The van der Waals surface area contributed by atoms with Crippen molar-refractivity contribution in [2.45, 2.75) is 20.1 Å². The summed E-state index contributed by atoms with van der Waals surface area (Å²) >= 11 is 6.20. The predicted octanol–water partition coefficient (Wildman–Crippen LogP) is 4.00. The third-order valence-corrected chi connectivity index (χ3v) is 3.28. The Labute approximate surface area is 130 Å². The molecule has 2 aromatic rings. The largest absolute Gasteiger partial charge is 0.466 e. The molecule has 2 rings (SSSR count). The number of nitrogens with one attached hydrogen (secondary N) is 1. The quantitative estimate of drug-likeness (QED) is 0.590. The van der Waals surface area contributed by atoms with E-state index < -0.39 is 0 Å². The monoisotopic (exact) mass is 305 g/mol. The molecule has 0 unspecified atom stereocenters. The minimum atomic E-state index is 0.182. The zero-order chi connectivity index (χ0) is 14.9. The molecule has 0 atom stereocenters. The summed E-state index contributed by atoms with van der Waals surface area (Å²) in [7, 11) is 0. The summed E-state index contributed by atoms with van der Waals surface area (Å²) in [5.74, 6) is 0.643. The fourth-order valence-electron chi connectivity index (χ4n) is 1.88. The number of benzene rings is 2. The van der Waals surface area contributed by atoms with E-state index in [-0.39, 0.29) is 6.79 Å². The van der Waals surface area contributed by atoms with Gasteiger partial charge in [0.05, 0.1) is 11.6 Å². The highest BCUT2D eigenvalue weighted by atomic mass is 35.5. The van der Waals surface area contributed by atoms with Crippen molar-refractivity contribution in [1.82, 2.24) is 5.32 Å². The van der Waals surface area contributed by atoms with Gasteiger partial charge in [0.2, 0.25) is 0 Å². The van der Waals surface area contributed by atoms with Crippen LogP contribution in [0.25, 0.3) is 0 Å². The second-order valence-electron chi connectivity index (χ2n) is 4.64. The van der Waals surface area contributed by atoms with Gasteiger partial charge in [-0.25, -0.2) is 0 Å². The standard InChI is InChI=1S/C17H20ClNO2/c1-2-19-11-15-8-9-17(16(18)10-15)21-13-20-12-14-6-4-3-5-7-14/h3-10,19H,2,11-13H2,1H3. The topological polar surface area (TPSA) is 30.5 Å². The Morgan fingerprint density at radius 1 is 1.05 bits per heavy atom. The average molecular weight is 306 g/mol. The van der Waals surface area contributed by atoms with Gasteiger partial charge in [-0.2, -0.15) is 0 Å². The van der Waals surface area contributed by atoms with Crippen molar-refractivity contribution in [1.29, 1.82) is 0 Å². The Bertz CT molecular complexity index is 546. The first kappa shape index (κ1) is 15.8. The molecule has 0 aliphatic heterocycles. The lowest BCUT2D eigenvalue weighted by atomic mass is 10.2.